The number of aryl methyl sites for hydroxylation is 1. The highest BCUT2D eigenvalue weighted by atomic mass is 79.9. The average molecular weight is 466 g/mol. The molecule has 0 fully saturated rings. The van der Waals surface area contributed by atoms with Gasteiger partial charge in [0.25, 0.3) is 0 Å². The number of nitrogens with zero attached hydrogens (tertiary/aromatic N) is 1. The zero-order valence-corrected chi connectivity index (χ0v) is 18.4. The van der Waals surface area contributed by atoms with Crippen molar-refractivity contribution >= 4 is 27.6 Å². The van der Waals surface area contributed by atoms with Gasteiger partial charge in [-0.3, -0.25) is 0 Å². The molecule has 0 aromatic heterocycles. The van der Waals surface area contributed by atoms with Crippen molar-refractivity contribution in [2.45, 2.75) is 20.5 Å². The van der Waals surface area contributed by atoms with Crippen LogP contribution in [0.25, 0.3) is 11.6 Å². The number of benzene rings is 3. The lowest BCUT2D eigenvalue weighted by Crippen LogP contribution is -2.01. The Morgan fingerprint density at radius 1 is 1.10 bits per heavy atom. The fourth-order valence-corrected chi connectivity index (χ4v) is 3.50. The van der Waals surface area contributed by atoms with Crippen molar-refractivity contribution in [3.8, 4) is 17.6 Å². The lowest BCUT2D eigenvalue weighted by Gasteiger charge is -2.15. The Kier molecular flexibility index (Phi) is 7.26. The second-order valence-electron chi connectivity index (χ2n) is 6.69. The Labute approximate surface area is 184 Å². The van der Waals surface area contributed by atoms with Gasteiger partial charge in [-0.15, -0.1) is 0 Å². The first-order valence-corrected chi connectivity index (χ1v) is 10.3. The molecule has 3 rings (SSSR count). The highest BCUT2D eigenvalue weighted by Crippen LogP contribution is 2.38. The van der Waals surface area contributed by atoms with Gasteiger partial charge in [-0.25, -0.2) is 4.39 Å². The van der Waals surface area contributed by atoms with Gasteiger partial charge < -0.3 is 9.47 Å². The molecular weight excluding hydrogens is 445 g/mol. The maximum Gasteiger partial charge on any atom is 0.175 e. The summed E-state index contributed by atoms with van der Waals surface area (Å²) >= 11 is 3.54. The molecule has 0 saturated carbocycles. The molecule has 0 atom stereocenters. The minimum Gasteiger partial charge on any atom is -0.490 e. The first kappa shape index (κ1) is 21.6. The summed E-state index contributed by atoms with van der Waals surface area (Å²) in [5, 5.41) is 9.54. The number of ether oxygens (including phenoxy) is 2. The molecule has 0 aliphatic rings. The zero-order chi connectivity index (χ0) is 21.5. The SMILES string of the molecule is CCOc1cc(C=C(C#N)c2ccccc2F)cc(Br)c1OCc1ccc(C)cc1. The molecule has 30 heavy (non-hydrogen) atoms. The molecule has 3 aromatic rings. The van der Waals surface area contributed by atoms with Gasteiger partial charge in [0.15, 0.2) is 11.5 Å². The molecule has 0 aliphatic heterocycles. The number of hydrogen-bond acceptors (Lipinski definition) is 3. The lowest BCUT2D eigenvalue weighted by molar-refractivity contribution is 0.267. The van der Waals surface area contributed by atoms with Gasteiger partial charge in [0.2, 0.25) is 0 Å². The first-order valence-electron chi connectivity index (χ1n) is 9.53. The van der Waals surface area contributed by atoms with Crippen LogP contribution < -0.4 is 9.47 Å². The Morgan fingerprint density at radius 2 is 1.83 bits per heavy atom. The van der Waals surface area contributed by atoms with Crippen molar-refractivity contribution in [2.75, 3.05) is 6.61 Å². The van der Waals surface area contributed by atoms with Crippen molar-refractivity contribution in [3.63, 3.8) is 0 Å². The smallest absolute Gasteiger partial charge is 0.175 e. The van der Waals surface area contributed by atoms with E-state index in [-0.39, 0.29) is 11.1 Å². The minimum atomic E-state index is -0.438. The standard InChI is InChI=1S/C25H21BrFNO2/c1-3-29-24-14-19(12-20(15-28)21-6-4-5-7-23(21)27)13-22(26)25(24)30-16-18-10-8-17(2)9-11-18/h4-14H,3,16H2,1-2H3. The van der Waals surface area contributed by atoms with Gasteiger partial charge in [0.1, 0.15) is 12.4 Å². The fourth-order valence-electron chi connectivity index (χ4n) is 2.93. The number of hydrogen-bond donors (Lipinski definition) is 0. The van der Waals surface area contributed by atoms with Gasteiger partial charge in [-0.05, 0) is 65.2 Å². The van der Waals surface area contributed by atoms with Crippen LogP contribution in [0.3, 0.4) is 0 Å². The van der Waals surface area contributed by atoms with E-state index < -0.39 is 5.82 Å². The molecule has 0 N–H and O–H groups in total. The molecular formula is C25H21BrFNO2. The number of allylic oxidation sites excluding steroid dienone is 1. The van der Waals surface area contributed by atoms with E-state index in [1.165, 1.54) is 11.6 Å². The second-order valence-corrected chi connectivity index (χ2v) is 7.54. The summed E-state index contributed by atoms with van der Waals surface area (Å²) in [7, 11) is 0. The number of rotatable bonds is 7. The first-order chi connectivity index (χ1) is 14.5. The number of halogens is 2. The average Bonchev–Trinajstić information content (AvgIpc) is 2.73. The molecule has 0 heterocycles. The van der Waals surface area contributed by atoms with E-state index in [1.807, 2.05) is 44.2 Å². The van der Waals surface area contributed by atoms with Crippen molar-refractivity contribution < 1.29 is 13.9 Å². The maximum absolute atomic E-state index is 14.1. The molecule has 5 heteroatoms. The van der Waals surface area contributed by atoms with Crippen LogP contribution in [-0.2, 0) is 6.61 Å². The van der Waals surface area contributed by atoms with E-state index in [0.29, 0.717) is 34.7 Å². The second kappa shape index (κ2) is 10.1. The maximum atomic E-state index is 14.1. The third-order valence-electron chi connectivity index (χ3n) is 4.43. The van der Waals surface area contributed by atoms with Gasteiger partial charge in [0, 0.05) is 5.56 Å². The number of nitriles is 1. The van der Waals surface area contributed by atoms with E-state index in [2.05, 4.69) is 22.0 Å². The summed E-state index contributed by atoms with van der Waals surface area (Å²) in [5.41, 5.74) is 3.43. The van der Waals surface area contributed by atoms with Crippen molar-refractivity contribution in [3.05, 3.63) is 93.2 Å². The van der Waals surface area contributed by atoms with E-state index in [1.54, 1.807) is 30.3 Å². The van der Waals surface area contributed by atoms with Crippen molar-refractivity contribution in [1.82, 2.24) is 0 Å². The van der Waals surface area contributed by atoms with E-state index in [9.17, 15) is 9.65 Å². The van der Waals surface area contributed by atoms with Crippen LogP contribution in [0.1, 0.15) is 29.2 Å². The Hall–Kier alpha value is -3.10. The predicted octanol–water partition coefficient (Wildman–Crippen LogP) is 6.94. The molecule has 0 spiro atoms. The summed E-state index contributed by atoms with van der Waals surface area (Å²) in [4.78, 5) is 0. The monoisotopic (exact) mass is 465 g/mol. The Bertz CT molecular complexity index is 1100. The third-order valence-corrected chi connectivity index (χ3v) is 5.02. The quantitative estimate of drug-likeness (QED) is 0.280. The largest absolute Gasteiger partial charge is 0.490 e. The predicted molar refractivity (Wildman–Crippen MR) is 121 cm³/mol. The minimum absolute atomic E-state index is 0.232. The van der Waals surface area contributed by atoms with Crippen LogP contribution in [0.5, 0.6) is 11.5 Å². The molecule has 0 unspecified atom stereocenters. The summed E-state index contributed by atoms with van der Waals surface area (Å²) in [6, 6.07) is 20.0. The molecule has 3 nitrogen and oxygen atoms in total. The zero-order valence-electron chi connectivity index (χ0n) is 16.8. The van der Waals surface area contributed by atoms with Crippen LogP contribution in [0, 0.1) is 24.1 Å². The topological polar surface area (TPSA) is 42.2 Å². The third kappa shape index (κ3) is 5.28. The van der Waals surface area contributed by atoms with Gasteiger partial charge in [0.05, 0.1) is 22.7 Å². The molecule has 0 radical (unpaired) electrons. The molecule has 3 aromatic carbocycles. The van der Waals surface area contributed by atoms with Crippen LogP contribution in [0.2, 0.25) is 0 Å². The Balaban J connectivity index is 1.93. The van der Waals surface area contributed by atoms with Crippen LogP contribution >= 0.6 is 15.9 Å². The normalized spacial score (nSPS) is 11.1. The lowest BCUT2D eigenvalue weighted by atomic mass is 10.0. The molecule has 0 amide bonds. The summed E-state index contributed by atoms with van der Waals surface area (Å²) in [6.45, 7) is 4.78. The van der Waals surface area contributed by atoms with Crippen LogP contribution in [0.4, 0.5) is 4.39 Å². The molecule has 0 bridgehead atoms. The van der Waals surface area contributed by atoms with Crippen molar-refractivity contribution in [1.29, 1.82) is 5.26 Å². The van der Waals surface area contributed by atoms with E-state index in [0.717, 1.165) is 5.56 Å². The van der Waals surface area contributed by atoms with Crippen LogP contribution in [-0.4, -0.2) is 6.61 Å². The molecule has 152 valence electrons. The molecule has 0 aliphatic carbocycles. The van der Waals surface area contributed by atoms with Crippen LogP contribution in [0.15, 0.2) is 65.1 Å². The van der Waals surface area contributed by atoms with Gasteiger partial charge >= 0.3 is 0 Å². The van der Waals surface area contributed by atoms with Gasteiger partial charge in [-0.2, -0.15) is 5.26 Å². The summed E-state index contributed by atoms with van der Waals surface area (Å²) in [5.74, 6) is 0.697. The fraction of sp³-hybridized carbons (Fsp3) is 0.160. The van der Waals surface area contributed by atoms with E-state index >= 15 is 0 Å². The Morgan fingerprint density at radius 3 is 2.50 bits per heavy atom. The highest BCUT2D eigenvalue weighted by Gasteiger charge is 2.14. The molecule has 0 saturated heterocycles. The summed E-state index contributed by atoms with van der Waals surface area (Å²) in [6.07, 6.45) is 1.63. The van der Waals surface area contributed by atoms with Crippen molar-refractivity contribution in [2.24, 2.45) is 0 Å². The summed E-state index contributed by atoms with van der Waals surface area (Å²) < 4.78 is 26.6. The van der Waals surface area contributed by atoms with E-state index in [4.69, 9.17) is 9.47 Å². The highest BCUT2D eigenvalue weighted by molar-refractivity contribution is 9.10. The van der Waals surface area contributed by atoms with Gasteiger partial charge in [-0.1, -0.05) is 48.0 Å².